The van der Waals surface area contributed by atoms with E-state index in [4.69, 9.17) is 0 Å². The molecule has 0 atom stereocenters. The Labute approximate surface area is 95.7 Å². The number of hydrogen-bond acceptors (Lipinski definition) is 2. The number of aromatic amines is 1. The summed E-state index contributed by atoms with van der Waals surface area (Å²) in [6, 6.07) is 1.40. The van der Waals surface area contributed by atoms with Gasteiger partial charge in [-0.25, -0.2) is 18.2 Å². The molecule has 0 aliphatic carbocycles. The van der Waals surface area contributed by atoms with E-state index in [1.807, 2.05) is 0 Å². The third kappa shape index (κ3) is 2.41. The number of rotatable bonds is 3. The van der Waals surface area contributed by atoms with Crippen LogP contribution in [0.15, 0.2) is 18.5 Å². The molecule has 3 nitrogen and oxygen atoms in total. The first kappa shape index (κ1) is 11.5. The lowest BCUT2D eigenvalue weighted by molar-refractivity contribution is 0.497. The lowest BCUT2D eigenvalue weighted by Gasteiger charge is -2.07. The van der Waals surface area contributed by atoms with Gasteiger partial charge in [-0.15, -0.1) is 0 Å². The number of hydrogen-bond donors (Lipinski definition) is 2. The first-order valence-corrected chi connectivity index (χ1v) is 4.95. The van der Waals surface area contributed by atoms with Crippen molar-refractivity contribution in [2.24, 2.45) is 0 Å². The van der Waals surface area contributed by atoms with Gasteiger partial charge in [0.05, 0.1) is 24.3 Å². The summed E-state index contributed by atoms with van der Waals surface area (Å²) in [5.41, 5.74) is 1.26. The van der Waals surface area contributed by atoms with Crippen molar-refractivity contribution in [1.82, 2.24) is 9.97 Å². The highest BCUT2D eigenvalue weighted by Gasteiger charge is 2.11. The minimum atomic E-state index is -1.22. The molecule has 0 unspecified atom stereocenters. The van der Waals surface area contributed by atoms with Crippen LogP contribution in [-0.4, -0.2) is 9.97 Å². The lowest BCUT2D eigenvalue weighted by Crippen LogP contribution is -2.05. The molecule has 0 bridgehead atoms. The largest absolute Gasteiger partial charge is 0.377 e. The van der Waals surface area contributed by atoms with Crippen LogP contribution < -0.4 is 5.32 Å². The molecule has 90 valence electrons. The molecule has 1 heterocycles. The highest BCUT2D eigenvalue weighted by molar-refractivity contribution is 5.45. The third-order valence-corrected chi connectivity index (χ3v) is 2.37. The Balaban J connectivity index is 2.17. The molecule has 0 saturated heterocycles. The SMILES string of the molecule is Cc1[nH]cnc1CNc1cc(F)cc(F)c1F. The summed E-state index contributed by atoms with van der Waals surface area (Å²) in [7, 11) is 0. The van der Waals surface area contributed by atoms with Crippen molar-refractivity contribution >= 4 is 5.69 Å². The smallest absolute Gasteiger partial charge is 0.182 e. The topological polar surface area (TPSA) is 40.7 Å². The maximum absolute atomic E-state index is 13.3. The van der Waals surface area contributed by atoms with E-state index < -0.39 is 17.5 Å². The van der Waals surface area contributed by atoms with E-state index in [1.165, 1.54) is 6.33 Å². The van der Waals surface area contributed by atoms with Crippen molar-refractivity contribution in [3.63, 3.8) is 0 Å². The Morgan fingerprint density at radius 2 is 2.06 bits per heavy atom. The summed E-state index contributed by atoms with van der Waals surface area (Å²) < 4.78 is 39.1. The first-order valence-electron chi connectivity index (χ1n) is 4.95. The van der Waals surface area contributed by atoms with Crippen molar-refractivity contribution < 1.29 is 13.2 Å². The van der Waals surface area contributed by atoms with Crippen LogP contribution >= 0.6 is 0 Å². The molecule has 0 radical (unpaired) electrons. The van der Waals surface area contributed by atoms with Crippen LogP contribution in [0, 0.1) is 24.4 Å². The molecule has 6 heteroatoms. The van der Waals surface area contributed by atoms with Crippen LogP contribution in [0.4, 0.5) is 18.9 Å². The van der Waals surface area contributed by atoms with Crippen molar-refractivity contribution in [2.45, 2.75) is 13.5 Å². The van der Waals surface area contributed by atoms with Gasteiger partial charge in [-0.05, 0) is 6.92 Å². The number of aryl methyl sites for hydroxylation is 1. The van der Waals surface area contributed by atoms with Crippen LogP contribution in [0.5, 0.6) is 0 Å². The molecular weight excluding hydrogens is 231 g/mol. The van der Waals surface area contributed by atoms with Gasteiger partial charge in [0, 0.05) is 17.8 Å². The number of halogens is 3. The zero-order valence-corrected chi connectivity index (χ0v) is 9.02. The summed E-state index contributed by atoms with van der Waals surface area (Å²) in [6.07, 6.45) is 1.49. The number of nitrogens with zero attached hydrogens (tertiary/aromatic N) is 1. The summed E-state index contributed by atoms with van der Waals surface area (Å²) in [4.78, 5) is 6.83. The predicted molar refractivity (Wildman–Crippen MR) is 57.0 cm³/mol. The van der Waals surface area contributed by atoms with Crippen molar-refractivity contribution in [3.8, 4) is 0 Å². The summed E-state index contributed by atoms with van der Waals surface area (Å²) in [6.45, 7) is 1.99. The summed E-state index contributed by atoms with van der Waals surface area (Å²) >= 11 is 0. The van der Waals surface area contributed by atoms with Crippen LogP contribution in [0.3, 0.4) is 0 Å². The molecule has 2 aromatic rings. The second-order valence-corrected chi connectivity index (χ2v) is 3.58. The number of benzene rings is 1. The molecule has 0 aliphatic rings. The maximum atomic E-state index is 13.3. The molecule has 0 amide bonds. The van der Waals surface area contributed by atoms with Crippen LogP contribution in [0.1, 0.15) is 11.4 Å². The van der Waals surface area contributed by atoms with Gasteiger partial charge in [-0.2, -0.15) is 0 Å². The van der Waals surface area contributed by atoms with Gasteiger partial charge < -0.3 is 10.3 Å². The fraction of sp³-hybridized carbons (Fsp3) is 0.182. The molecule has 2 N–H and O–H groups in total. The molecule has 0 fully saturated rings. The quantitative estimate of drug-likeness (QED) is 0.811. The molecule has 0 aliphatic heterocycles. The summed E-state index contributed by atoms with van der Waals surface area (Å²) in [5.74, 6) is -3.14. The van der Waals surface area contributed by atoms with E-state index in [0.717, 1.165) is 11.8 Å². The molecular formula is C11H10F3N3. The Morgan fingerprint density at radius 1 is 1.29 bits per heavy atom. The number of aromatic nitrogens is 2. The van der Waals surface area contributed by atoms with Crippen molar-refractivity contribution in [1.29, 1.82) is 0 Å². The Hall–Kier alpha value is -1.98. The lowest BCUT2D eigenvalue weighted by atomic mass is 10.2. The van der Waals surface area contributed by atoms with Crippen molar-refractivity contribution in [2.75, 3.05) is 5.32 Å². The highest BCUT2D eigenvalue weighted by Crippen LogP contribution is 2.19. The van der Waals surface area contributed by atoms with Crippen molar-refractivity contribution in [3.05, 3.63) is 47.3 Å². The molecule has 1 aromatic heterocycles. The fourth-order valence-corrected chi connectivity index (χ4v) is 1.43. The minimum Gasteiger partial charge on any atom is -0.377 e. The average molecular weight is 241 g/mol. The van der Waals surface area contributed by atoms with Crippen LogP contribution in [-0.2, 0) is 6.54 Å². The first-order chi connectivity index (χ1) is 8.08. The van der Waals surface area contributed by atoms with Crippen LogP contribution in [0.25, 0.3) is 0 Å². The summed E-state index contributed by atoms with van der Waals surface area (Å²) in [5, 5.41) is 2.60. The Bertz CT molecular complexity index is 537. The second-order valence-electron chi connectivity index (χ2n) is 3.58. The third-order valence-electron chi connectivity index (χ3n) is 2.37. The van der Waals surface area contributed by atoms with Gasteiger partial charge in [0.15, 0.2) is 11.6 Å². The molecule has 0 spiro atoms. The Kier molecular flexibility index (Phi) is 3.03. The van der Waals surface area contributed by atoms with Gasteiger partial charge >= 0.3 is 0 Å². The van der Waals surface area contributed by atoms with Gasteiger partial charge in [-0.1, -0.05) is 0 Å². The normalized spacial score (nSPS) is 10.6. The van der Waals surface area contributed by atoms with Gasteiger partial charge in [0.2, 0.25) is 0 Å². The molecule has 1 aromatic carbocycles. The van der Waals surface area contributed by atoms with E-state index >= 15 is 0 Å². The molecule has 17 heavy (non-hydrogen) atoms. The van der Waals surface area contributed by atoms with Gasteiger partial charge in [-0.3, -0.25) is 0 Å². The average Bonchev–Trinajstić information content (AvgIpc) is 2.67. The minimum absolute atomic E-state index is 0.190. The van der Waals surface area contributed by atoms with Gasteiger partial charge in [0.1, 0.15) is 5.82 Å². The Morgan fingerprint density at radius 3 is 2.71 bits per heavy atom. The maximum Gasteiger partial charge on any atom is 0.182 e. The monoisotopic (exact) mass is 241 g/mol. The number of nitrogens with one attached hydrogen (secondary N) is 2. The van der Waals surface area contributed by atoms with E-state index in [9.17, 15) is 13.2 Å². The fourth-order valence-electron chi connectivity index (χ4n) is 1.43. The highest BCUT2D eigenvalue weighted by atomic mass is 19.2. The predicted octanol–water partition coefficient (Wildman–Crippen LogP) is 2.75. The second kappa shape index (κ2) is 4.48. The molecule has 0 saturated carbocycles. The van der Waals surface area contributed by atoms with E-state index in [0.29, 0.717) is 11.8 Å². The number of H-pyrrole nitrogens is 1. The van der Waals surface area contributed by atoms with E-state index in [2.05, 4.69) is 15.3 Å². The van der Waals surface area contributed by atoms with E-state index in [1.54, 1.807) is 6.92 Å². The molecule has 2 rings (SSSR count). The van der Waals surface area contributed by atoms with Crippen LogP contribution in [0.2, 0.25) is 0 Å². The van der Waals surface area contributed by atoms with E-state index in [-0.39, 0.29) is 12.2 Å². The zero-order chi connectivity index (χ0) is 12.4. The zero-order valence-electron chi connectivity index (χ0n) is 9.02. The standard InChI is InChI=1S/C11H10F3N3/c1-6-10(17-5-16-6)4-15-9-3-7(12)2-8(13)11(9)14/h2-3,5,15H,4H2,1H3,(H,16,17). The van der Waals surface area contributed by atoms with Gasteiger partial charge in [0.25, 0.3) is 0 Å². The number of anilines is 1. The number of imidazole rings is 1.